The SMILES string of the molecule is O=C(NCc1ccccn1)C(Cc1ccccc1)N(Cc1ccc(F)cc1)C(=O)CCc1ccccc1. The first kappa shape index (κ1) is 25.8. The highest BCUT2D eigenvalue weighted by Gasteiger charge is 2.30. The lowest BCUT2D eigenvalue weighted by molar-refractivity contribution is -0.141. The Balaban J connectivity index is 1.60. The van der Waals surface area contributed by atoms with Crippen LogP contribution in [0.5, 0.6) is 0 Å². The van der Waals surface area contributed by atoms with Crippen molar-refractivity contribution in [3.63, 3.8) is 0 Å². The van der Waals surface area contributed by atoms with Crippen LogP contribution in [0.1, 0.15) is 28.8 Å². The number of carbonyl (C=O) groups is 2. The summed E-state index contributed by atoms with van der Waals surface area (Å²) in [6.07, 6.45) is 2.85. The summed E-state index contributed by atoms with van der Waals surface area (Å²) in [4.78, 5) is 33.2. The number of nitrogens with one attached hydrogen (secondary N) is 1. The zero-order valence-corrected chi connectivity index (χ0v) is 20.6. The Bertz CT molecular complexity index is 1270. The van der Waals surface area contributed by atoms with E-state index in [1.165, 1.54) is 12.1 Å². The Morgan fingerprint density at radius 2 is 1.43 bits per heavy atom. The molecule has 1 N–H and O–H groups in total. The molecule has 4 rings (SSSR count). The van der Waals surface area contributed by atoms with Gasteiger partial charge in [-0.25, -0.2) is 4.39 Å². The highest BCUT2D eigenvalue weighted by atomic mass is 19.1. The summed E-state index contributed by atoms with van der Waals surface area (Å²) in [6.45, 7) is 0.454. The summed E-state index contributed by atoms with van der Waals surface area (Å²) in [6, 6.07) is 30.3. The van der Waals surface area contributed by atoms with Gasteiger partial charge in [0, 0.05) is 25.6 Å². The number of benzene rings is 3. The minimum absolute atomic E-state index is 0.137. The first-order valence-electron chi connectivity index (χ1n) is 12.4. The summed E-state index contributed by atoms with van der Waals surface area (Å²) >= 11 is 0. The van der Waals surface area contributed by atoms with Crippen LogP contribution in [0.25, 0.3) is 0 Å². The van der Waals surface area contributed by atoms with Gasteiger partial charge in [-0.3, -0.25) is 14.6 Å². The molecule has 188 valence electrons. The van der Waals surface area contributed by atoms with Crippen LogP contribution in [0.3, 0.4) is 0 Å². The van der Waals surface area contributed by atoms with Crippen LogP contribution in [0, 0.1) is 5.82 Å². The van der Waals surface area contributed by atoms with E-state index >= 15 is 0 Å². The number of pyridine rings is 1. The number of aryl methyl sites for hydroxylation is 1. The van der Waals surface area contributed by atoms with Crippen molar-refractivity contribution in [1.29, 1.82) is 0 Å². The Labute approximate surface area is 217 Å². The number of hydrogen-bond donors (Lipinski definition) is 1. The number of hydrogen-bond acceptors (Lipinski definition) is 3. The van der Waals surface area contributed by atoms with E-state index in [4.69, 9.17) is 0 Å². The smallest absolute Gasteiger partial charge is 0.243 e. The predicted octanol–water partition coefficient (Wildman–Crippen LogP) is 5.11. The molecule has 37 heavy (non-hydrogen) atoms. The van der Waals surface area contributed by atoms with E-state index in [-0.39, 0.29) is 37.1 Å². The number of carbonyl (C=O) groups excluding carboxylic acids is 2. The Hall–Kier alpha value is -4.32. The average Bonchev–Trinajstić information content (AvgIpc) is 2.95. The lowest BCUT2D eigenvalue weighted by Gasteiger charge is -2.31. The van der Waals surface area contributed by atoms with Gasteiger partial charge in [0.1, 0.15) is 11.9 Å². The fourth-order valence-corrected chi connectivity index (χ4v) is 4.18. The molecule has 1 aromatic heterocycles. The van der Waals surface area contributed by atoms with Gasteiger partial charge in [-0.2, -0.15) is 0 Å². The zero-order valence-electron chi connectivity index (χ0n) is 20.6. The van der Waals surface area contributed by atoms with Crippen molar-refractivity contribution in [2.75, 3.05) is 0 Å². The molecule has 0 saturated heterocycles. The van der Waals surface area contributed by atoms with Crippen molar-refractivity contribution in [2.24, 2.45) is 0 Å². The van der Waals surface area contributed by atoms with E-state index < -0.39 is 6.04 Å². The maximum absolute atomic E-state index is 13.7. The standard InChI is InChI=1S/C31H30FN3O2/c32-27-17-14-26(15-18-27)23-35(30(36)19-16-24-9-3-1-4-10-24)29(21-25-11-5-2-6-12-25)31(37)34-22-28-13-7-8-20-33-28/h1-15,17-18,20,29H,16,19,21-23H2,(H,34,37). The fourth-order valence-electron chi connectivity index (χ4n) is 4.18. The first-order valence-corrected chi connectivity index (χ1v) is 12.4. The number of amides is 2. The molecule has 4 aromatic rings. The monoisotopic (exact) mass is 495 g/mol. The van der Waals surface area contributed by atoms with E-state index in [9.17, 15) is 14.0 Å². The highest BCUT2D eigenvalue weighted by Crippen LogP contribution is 2.17. The summed E-state index contributed by atoms with van der Waals surface area (Å²) in [5.41, 5.74) is 3.48. The Kier molecular flexibility index (Phi) is 9.13. The maximum Gasteiger partial charge on any atom is 0.243 e. The molecule has 6 heteroatoms. The van der Waals surface area contributed by atoms with Crippen molar-refractivity contribution in [3.05, 3.63) is 138 Å². The molecule has 0 bridgehead atoms. The molecule has 5 nitrogen and oxygen atoms in total. The van der Waals surface area contributed by atoms with Crippen LogP contribution in [0.4, 0.5) is 4.39 Å². The van der Waals surface area contributed by atoms with Crippen LogP contribution in [0.15, 0.2) is 109 Å². The first-order chi connectivity index (χ1) is 18.1. The third kappa shape index (κ3) is 7.84. The van der Waals surface area contributed by atoms with Crippen LogP contribution < -0.4 is 5.32 Å². The summed E-state index contributed by atoms with van der Waals surface area (Å²) in [5.74, 6) is -0.744. The van der Waals surface area contributed by atoms with Crippen molar-refractivity contribution < 1.29 is 14.0 Å². The zero-order chi connectivity index (χ0) is 25.9. The third-order valence-electron chi connectivity index (χ3n) is 6.18. The minimum atomic E-state index is -0.751. The molecule has 3 aromatic carbocycles. The van der Waals surface area contributed by atoms with Gasteiger partial charge >= 0.3 is 0 Å². The molecule has 1 unspecified atom stereocenters. The Morgan fingerprint density at radius 1 is 0.784 bits per heavy atom. The molecule has 0 aliphatic rings. The van der Waals surface area contributed by atoms with E-state index in [0.717, 1.165) is 22.4 Å². The largest absolute Gasteiger partial charge is 0.349 e. The van der Waals surface area contributed by atoms with Crippen LogP contribution in [-0.4, -0.2) is 27.7 Å². The number of nitrogens with zero attached hydrogens (tertiary/aromatic N) is 2. The maximum atomic E-state index is 13.7. The van der Waals surface area contributed by atoms with Gasteiger partial charge in [-0.1, -0.05) is 78.9 Å². The van der Waals surface area contributed by atoms with Crippen LogP contribution in [0.2, 0.25) is 0 Å². The molecule has 0 aliphatic carbocycles. The van der Waals surface area contributed by atoms with Gasteiger partial charge in [0.05, 0.1) is 12.2 Å². The van der Waals surface area contributed by atoms with E-state index in [0.29, 0.717) is 12.8 Å². The lowest BCUT2D eigenvalue weighted by atomic mass is 10.0. The van der Waals surface area contributed by atoms with Crippen LogP contribution >= 0.6 is 0 Å². The summed E-state index contributed by atoms with van der Waals surface area (Å²) in [5, 5.41) is 2.97. The van der Waals surface area contributed by atoms with Gasteiger partial charge in [0.2, 0.25) is 11.8 Å². The second-order valence-corrected chi connectivity index (χ2v) is 8.88. The van der Waals surface area contributed by atoms with Crippen molar-refractivity contribution in [2.45, 2.75) is 38.4 Å². The van der Waals surface area contributed by atoms with Gasteiger partial charge in [-0.05, 0) is 47.4 Å². The van der Waals surface area contributed by atoms with Gasteiger partial charge in [-0.15, -0.1) is 0 Å². The number of rotatable bonds is 11. The summed E-state index contributed by atoms with van der Waals surface area (Å²) in [7, 11) is 0. The normalized spacial score (nSPS) is 11.5. The summed E-state index contributed by atoms with van der Waals surface area (Å²) < 4.78 is 13.6. The topological polar surface area (TPSA) is 62.3 Å². The molecule has 0 radical (unpaired) electrons. The number of halogens is 1. The van der Waals surface area contributed by atoms with Gasteiger partial charge in [0.15, 0.2) is 0 Å². The van der Waals surface area contributed by atoms with E-state index in [2.05, 4.69) is 10.3 Å². The fraction of sp³-hybridized carbons (Fsp3) is 0.194. The van der Waals surface area contributed by atoms with E-state index in [1.54, 1.807) is 23.2 Å². The molecule has 0 spiro atoms. The minimum Gasteiger partial charge on any atom is -0.349 e. The van der Waals surface area contributed by atoms with E-state index in [1.807, 2.05) is 78.9 Å². The lowest BCUT2D eigenvalue weighted by Crippen LogP contribution is -2.50. The second kappa shape index (κ2) is 13.1. The molecular weight excluding hydrogens is 465 g/mol. The second-order valence-electron chi connectivity index (χ2n) is 8.88. The third-order valence-corrected chi connectivity index (χ3v) is 6.18. The molecule has 0 saturated carbocycles. The van der Waals surface area contributed by atoms with Crippen LogP contribution in [-0.2, 0) is 35.5 Å². The van der Waals surface area contributed by atoms with Crippen molar-refractivity contribution >= 4 is 11.8 Å². The molecule has 0 fully saturated rings. The quantitative estimate of drug-likeness (QED) is 0.315. The van der Waals surface area contributed by atoms with Crippen molar-refractivity contribution in [1.82, 2.24) is 15.2 Å². The molecule has 2 amide bonds. The Morgan fingerprint density at radius 3 is 2.08 bits per heavy atom. The van der Waals surface area contributed by atoms with Gasteiger partial charge in [0.25, 0.3) is 0 Å². The molecule has 1 heterocycles. The highest BCUT2D eigenvalue weighted by molar-refractivity contribution is 5.88. The van der Waals surface area contributed by atoms with Crippen molar-refractivity contribution in [3.8, 4) is 0 Å². The van der Waals surface area contributed by atoms with Gasteiger partial charge < -0.3 is 10.2 Å². The molecule has 1 atom stereocenters. The molecular formula is C31H30FN3O2. The molecule has 0 aliphatic heterocycles. The average molecular weight is 496 g/mol. The number of aromatic nitrogens is 1. The predicted molar refractivity (Wildman–Crippen MR) is 142 cm³/mol.